The monoisotopic (exact) mass is 221 g/mol. The molecule has 3 heteroatoms. The van der Waals surface area contributed by atoms with Crippen molar-refractivity contribution in [2.75, 3.05) is 0 Å². The molecule has 0 saturated heterocycles. The van der Waals surface area contributed by atoms with Crippen LogP contribution in [0.5, 0.6) is 0 Å². The average Bonchev–Trinajstić information content (AvgIpc) is 2.26. The molecule has 0 spiro atoms. The van der Waals surface area contributed by atoms with Gasteiger partial charge in [-0.05, 0) is 19.4 Å². The van der Waals surface area contributed by atoms with Crippen LogP contribution in [0.2, 0.25) is 0 Å². The van der Waals surface area contributed by atoms with Crippen LogP contribution in [0.25, 0.3) is 0 Å². The number of aromatic nitrogens is 2. The number of aryl methyl sites for hydroxylation is 1. The molecule has 2 atom stereocenters. The Bertz CT molecular complexity index is 347. The molecule has 0 bridgehead atoms. The second-order valence-corrected chi connectivity index (χ2v) is 4.81. The van der Waals surface area contributed by atoms with E-state index < -0.39 is 0 Å². The van der Waals surface area contributed by atoms with Crippen LogP contribution in [0.3, 0.4) is 0 Å². The Morgan fingerprint density at radius 1 is 1.25 bits per heavy atom. The van der Waals surface area contributed by atoms with Gasteiger partial charge in [0.25, 0.3) is 0 Å². The van der Waals surface area contributed by atoms with Gasteiger partial charge in [0, 0.05) is 29.3 Å². The molecule has 1 rings (SSSR count). The zero-order valence-electron chi connectivity index (χ0n) is 11.0. The van der Waals surface area contributed by atoms with Crippen LogP contribution < -0.4 is 5.73 Å². The second-order valence-electron chi connectivity index (χ2n) is 4.81. The Labute approximate surface area is 98.5 Å². The van der Waals surface area contributed by atoms with Crippen LogP contribution in [-0.2, 0) is 0 Å². The zero-order valence-corrected chi connectivity index (χ0v) is 11.0. The van der Waals surface area contributed by atoms with Gasteiger partial charge in [0.15, 0.2) is 0 Å². The van der Waals surface area contributed by atoms with E-state index in [4.69, 9.17) is 5.73 Å². The van der Waals surface area contributed by atoms with Crippen LogP contribution >= 0.6 is 0 Å². The fourth-order valence-corrected chi connectivity index (χ4v) is 1.68. The smallest absolute Gasteiger partial charge is 0.131 e. The first kappa shape index (κ1) is 13.1. The Kier molecular flexibility index (Phi) is 4.42. The molecular formula is C13H23N3. The van der Waals surface area contributed by atoms with Gasteiger partial charge in [-0.3, -0.25) is 0 Å². The number of rotatable bonds is 4. The zero-order chi connectivity index (χ0) is 12.3. The summed E-state index contributed by atoms with van der Waals surface area (Å²) in [5.74, 6) is 1.58. The van der Waals surface area contributed by atoms with Gasteiger partial charge in [0.05, 0.1) is 0 Å². The van der Waals surface area contributed by atoms with Gasteiger partial charge in [0.2, 0.25) is 0 Å². The largest absolute Gasteiger partial charge is 0.327 e. The number of nitrogens with zero attached hydrogens (tertiary/aromatic N) is 2. The van der Waals surface area contributed by atoms with E-state index in [9.17, 15) is 0 Å². The molecule has 2 N–H and O–H groups in total. The lowest BCUT2D eigenvalue weighted by atomic mass is 9.96. The normalized spacial score (nSPS) is 15.2. The highest BCUT2D eigenvalue weighted by Gasteiger charge is 2.16. The summed E-state index contributed by atoms with van der Waals surface area (Å²) in [7, 11) is 0. The van der Waals surface area contributed by atoms with E-state index in [1.54, 1.807) is 0 Å². The summed E-state index contributed by atoms with van der Waals surface area (Å²) in [5, 5.41) is 0. The lowest BCUT2D eigenvalue weighted by Gasteiger charge is -2.19. The molecular weight excluding hydrogens is 198 g/mol. The summed E-state index contributed by atoms with van der Waals surface area (Å²) in [6.45, 7) is 10.5. The van der Waals surface area contributed by atoms with E-state index in [0.717, 1.165) is 23.6 Å². The van der Waals surface area contributed by atoms with Crippen molar-refractivity contribution in [3.63, 3.8) is 0 Å². The van der Waals surface area contributed by atoms with E-state index in [1.165, 1.54) is 0 Å². The predicted octanol–water partition coefficient (Wildman–Crippen LogP) is 2.75. The molecule has 16 heavy (non-hydrogen) atoms. The predicted molar refractivity (Wildman–Crippen MR) is 67.5 cm³/mol. The van der Waals surface area contributed by atoms with Crippen molar-refractivity contribution in [2.24, 2.45) is 5.73 Å². The van der Waals surface area contributed by atoms with Gasteiger partial charge in [-0.2, -0.15) is 0 Å². The molecule has 0 aromatic carbocycles. The molecule has 0 aliphatic rings. The van der Waals surface area contributed by atoms with Crippen LogP contribution in [0, 0.1) is 6.92 Å². The quantitative estimate of drug-likeness (QED) is 0.850. The molecule has 0 aliphatic carbocycles. The first-order valence-electron chi connectivity index (χ1n) is 6.06. The third kappa shape index (κ3) is 3.01. The molecule has 0 aliphatic heterocycles. The van der Waals surface area contributed by atoms with E-state index in [0.29, 0.717) is 11.8 Å². The number of hydrogen-bond donors (Lipinski definition) is 1. The minimum atomic E-state index is 0.175. The highest BCUT2D eigenvalue weighted by Crippen LogP contribution is 2.20. The van der Waals surface area contributed by atoms with E-state index in [-0.39, 0.29) is 6.04 Å². The highest BCUT2D eigenvalue weighted by molar-refractivity contribution is 5.16. The third-order valence-electron chi connectivity index (χ3n) is 2.99. The Morgan fingerprint density at radius 3 is 2.38 bits per heavy atom. The minimum Gasteiger partial charge on any atom is -0.327 e. The molecule has 1 aromatic rings. The van der Waals surface area contributed by atoms with Crippen molar-refractivity contribution >= 4 is 0 Å². The maximum Gasteiger partial charge on any atom is 0.131 e. The van der Waals surface area contributed by atoms with Crippen molar-refractivity contribution in [2.45, 2.75) is 58.9 Å². The van der Waals surface area contributed by atoms with Gasteiger partial charge in [-0.25, -0.2) is 9.97 Å². The van der Waals surface area contributed by atoms with Crippen molar-refractivity contribution < 1.29 is 0 Å². The maximum atomic E-state index is 6.06. The summed E-state index contributed by atoms with van der Waals surface area (Å²) in [5.41, 5.74) is 8.17. The molecule has 90 valence electrons. The first-order valence-corrected chi connectivity index (χ1v) is 6.06. The van der Waals surface area contributed by atoms with E-state index >= 15 is 0 Å². The maximum absolute atomic E-state index is 6.06. The Balaban J connectivity index is 3.04. The molecule has 3 nitrogen and oxygen atoms in total. The van der Waals surface area contributed by atoms with Gasteiger partial charge in [-0.15, -0.1) is 0 Å². The lowest BCUT2D eigenvalue weighted by molar-refractivity contribution is 0.535. The van der Waals surface area contributed by atoms with Crippen molar-refractivity contribution in [3.05, 3.63) is 23.3 Å². The molecule has 0 amide bonds. The molecule has 2 unspecified atom stereocenters. The summed E-state index contributed by atoms with van der Waals surface area (Å²) in [6, 6.07) is 2.22. The van der Waals surface area contributed by atoms with Gasteiger partial charge < -0.3 is 5.73 Å². The van der Waals surface area contributed by atoms with Crippen LogP contribution in [0.15, 0.2) is 6.07 Å². The van der Waals surface area contributed by atoms with E-state index in [1.807, 2.05) is 13.0 Å². The lowest BCUT2D eigenvalue weighted by Crippen LogP contribution is -2.26. The fourth-order valence-electron chi connectivity index (χ4n) is 1.68. The summed E-state index contributed by atoms with van der Waals surface area (Å²) in [4.78, 5) is 9.06. The Hall–Kier alpha value is -0.960. The first-order chi connectivity index (χ1) is 7.45. The summed E-state index contributed by atoms with van der Waals surface area (Å²) in [6.07, 6.45) is 0.973. The standard InChI is InChI=1S/C13H23N3/c1-6-11(14)10(5)12-7-9(4)15-13(16-12)8(2)3/h7-8,10-11H,6,14H2,1-5H3. The topological polar surface area (TPSA) is 51.8 Å². The molecule has 0 radical (unpaired) electrons. The van der Waals surface area contributed by atoms with Crippen molar-refractivity contribution in [1.82, 2.24) is 9.97 Å². The highest BCUT2D eigenvalue weighted by atomic mass is 14.9. The minimum absolute atomic E-state index is 0.175. The van der Waals surface area contributed by atoms with Gasteiger partial charge >= 0.3 is 0 Å². The van der Waals surface area contributed by atoms with Crippen molar-refractivity contribution in [3.8, 4) is 0 Å². The fraction of sp³-hybridized carbons (Fsp3) is 0.692. The van der Waals surface area contributed by atoms with Crippen molar-refractivity contribution in [1.29, 1.82) is 0 Å². The molecule has 1 heterocycles. The van der Waals surface area contributed by atoms with Gasteiger partial charge in [-0.1, -0.05) is 27.7 Å². The second kappa shape index (κ2) is 5.39. The van der Waals surface area contributed by atoms with Crippen LogP contribution in [0.1, 0.15) is 63.2 Å². The SMILES string of the molecule is CCC(N)C(C)c1cc(C)nc(C(C)C)n1. The summed E-state index contributed by atoms with van der Waals surface area (Å²) >= 11 is 0. The van der Waals surface area contributed by atoms with Crippen LogP contribution in [0.4, 0.5) is 0 Å². The van der Waals surface area contributed by atoms with Crippen LogP contribution in [-0.4, -0.2) is 16.0 Å². The average molecular weight is 221 g/mol. The summed E-state index contributed by atoms with van der Waals surface area (Å²) < 4.78 is 0. The number of hydrogen-bond acceptors (Lipinski definition) is 3. The van der Waals surface area contributed by atoms with Gasteiger partial charge in [0.1, 0.15) is 5.82 Å². The molecule has 0 fully saturated rings. The Morgan fingerprint density at radius 2 is 1.88 bits per heavy atom. The number of nitrogens with two attached hydrogens (primary N) is 1. The molecule has 1 aromatic heterocycles. The van der Waals surface area contributed by atoms with E-state index in [2.05, 4.69) is 37.7 Å². The third-order valence-corrected chi connectivity index (χ3v) is 2.99. The molecule has 0 saturated carbocycles.